The van der Waals surface area contributed by atoms with Gasteiger partial charge in [-0.15, -0.1) is 10.2 Å². The van der Waals surface area contributed by atoms with E-state index in [2.05, 4.69) is 21.0 Å². The van der Waals surface area contributed by atoms with Gasteiger partial charge in [0.2, 0.25) is 0 Å². The van der Waals surface area contributed by atoms with Crippen molar-refractivity contribution >= 4 is 5.95 Å². The average molecular weight is 204 g/mol. The SMILES string of the molecule is Nn1cnnc1NNCc1ccccc1. The van der Waals surface area contributed by atoms with E-state index in [1.165, 1.54) is 16.6 Å². The van der Waals surface area contributed by atoms with E-state index in [0.29, 0.717) is 12.5 Å². The Hall–Kier alpha value is -2.08. The van der Waals surface area contributed by atoms with Crippen LogP contribution in [0.3, 0.4) is 0 Å². The predicted octanol–water partition coefficient (Wildman–Crippen LogP) is 0.109. The Morgan fingerprint density at radius 1 is 1.27 bits per heavy atom. The van der Waals surface area contributed by atoms with Gasteiger partial charge in [0.05, 0.1) is 0 Å². The second-order valence-electron chi connectivity index (χ2n) is 3.03. The van der Waals surface area contributed by atoms with Crippen molar-refractivity contribution in [3.05, 3.63) is 42.2 Å². The third kappa shape index (κ3) is 2.44. The van der Waals surface area contributed by atoms with Crippen LogP contribution in [0.2, 0.25) is 0 Å². The first-order valence-electron chi connectivity index (χ1n) is 4.54. The zero-order valence-electron chi connectivity index (χ0n) is 8.09. The minimum Gasteiger partial charge on any atom is -0.335 e. The number of hydrogen-bond acceptors (Lipinski definition) is 5. The first-order valence-corrected chi connectivity index (χ1v) is 4.54. The number of hydrazine groups is 1. The fraction of sp³-hybridized carbons (Fsp3) is 0.111. The van der Waals surface area contributed by atoms with Crippen LogP contribution in [0, 0.1) is 0 Å². The number of nitrogens with one attached hydrogen (secondary N) is 2. The Morgan fingerprint density at radius 2 is 2.07 bits per heavy atom. The molecule has 0 spiro atoms. The van der Waals surface area contributed by atoms with Gasteiger partial charge >= 0.3 is 0 Å². The summed E-state index contributed by atoms with van der Waals surface area (Å²) in [6.45, 7) is 0.688. The van der Waals surface area contributed by atoms with Crippen LogP contribution >= 0.6 is 0 Å². The lowest BCUT2D eigenvalue weighted by atomic mass is 10.2. The van der Waals surface area contributed by atoms with Gasteiger partial charge in [-0.3, -0.25) is 5.43 Å². The van der Waals surface area contributed by atoms with Crippen molar-refractivity contribution in [1.82, 2.24) is 20.3 Å². The van der Waals surface area contributed by atoms with Crippen molar-refractivity contribution in [2.75, 3.05) is 11.3 Å². The van der Waals surface area contributed by atoms with Crippen LogP contribution in [0.15, 0.2) is 36.7 Å². The third-order valence-electron chi connectivity index (χ3n) is 1.91. The van der Waals surface area contributed by atoms with Gasteiger partial charge in [0.1, 0.15) is 6.33 Å². The third-order valence-corrected chi connectivity index (χ3v) is 1.91. The van der Waals surface area contributed by atoms with Crippen LogP contribution in [-0.2, 0) is 6.54 Å². The first-order chi connectivity index (χ1) is 7.36. The molecule has 1 aromatic carbocycles. The molecule has 0 saturated heterocycles. The Labute approximate surface area is 87.1 Å². The van der Waals surface area contributed by atoms with Crippen LogP contribution in [0.1, 0.15) is 5.56 Å². The van der Waals surface area contributed by atoms with Gasteiger partial charge in [-0.1, -0.05) is 30.3 Å². The molecule has 0 aliphatic rings. The zero-order valence-corrected chi connectivity index (χ0v) is 8.09. The highest BCUT2D eigenvalue weighted by Crippen LogP contribution is 1.98. The van der Waals surface area contributed by atoms with E-state index in [-0.39, 0.29) is 0 Å². The van der Waals surface area contributed by atoms with Crippen LogP contribution < -0.4 is 16.7 Å². The van der Waals surface area contributed by atoms with Crippen molar-refractivity contribution in [1.29, 1.82) is 0 Å². The summed E-state index contributed by atoms with van der Waals surface area (Å²) in [5.41, 5.74) is 7.02. The Kier molecular flexibility index (Phi) is 2.80. The van der Waals surface area contributed by atoms with Gasteiger partial charge in [0, 0.05) is 6.54 Å². The second kappa shape index (κ2) is 4.43. The molecule has 2 rings (SSSR count). The number of nitrogens with zero attached hydrogens (tertiary/aromatic N) is 3. The molecule has 0 radical (unpaired) electrons. The van der Waals surface area contributed by atoms with E-state index in [1.807, 2.05) is 30.3 Å². The Bertz CT molecular complexity index is 410. The van der Waals surface area contributed by atoms with E-state index < -0.39 is 0 Å². The summed E-state index contributed by atoms with van der Waals surface area (Å²) in [7, 11) is 0. The van der Waals surface area contributed by atoms with Crippen LogP contribution in [0.25, 0.3) is 0 Å². The number of nitrogen functional groups attached to an aromatic ring is 1. The van der Waals surface area contributed by atoms with Gasteiger partial charge in [-0.2, -0.15) is 0 Å². The van der Waals surface area contributed by atoms with Gasteiger partial charge in [-0.05, 0) is 5.56 Å². The summed E-state index contributed by atoms with van der Waals surface area (Å²) >= 11 is 0. The molecule has 78 valence electrons. The number of aromatic nitrogens is 3. The molecule has 6 heteroatoms. The molecular weight excluding hydrogens is 192 g/mol. The van der Waals surface area contributed by atoms with Crippen molar-refractivity contribution in [3.8, 4) is 0 Å². The molecule has 0 amide bonds. The van der Waals surface area contributed by atoms with Gasteiger partial charge in [-0.25, -0.2) is 10.1 Å². The Morgan fingerprint density at radius 3 is 2.73 bits per heavy atom. The molecule has 0 fully saturated rings. The molecule has 4 N–H and O–H groups in total. The molecular formula is C9H12N6. The van der Waals surface area contributed by atoms with E-state index >= 15 is 0 Å². The monoisotopic (exact) mass is 204 g/mol. The molecule has 1 heterocycles. The van der Waals surface area contributed by atoms with Crippen LogP contribution in [0.5, 0.6) is 0 Å². The fourth-order valence-electron chi connectivity index (χ4n) is 1.15. The molecule has 1 aromatic heterocycles. The second-order valence-corrected chi connectivity index (χ2v) is 3.03. The largest absolute Gasteiger partial charge is 0.335 e. The van der Waals surface area contributed by atoms with Crippen molar-refractivity contribution in [2.45, 2.75) is 6.54 Å². The van der Waals surface area contributed by atoms with Crippen molar-refractivity contribution < 1.29 is 0 Å². The number of rotatable bonds is 4. The topological polar surface area (TPSA) is 80.8 Å². The highest BCUT2D eigenvalue weighted by atomic mass is 15.5. The van der Waals surface area contributed by atoms with Crippen LogP contribution in [0.4, 0.5) is 5.95 Å². The number of benzene rings is 1. The standard InChI is InChI=1S/C9H12N6/c10-15-7-12-14-9(15)13-11-6-8-4-2-1-3-5-8/h1-5,7,11H,6,10H2,(H,13,14). The maximum absolute atomic E-state index is 5.51. The number of nitrogens with two attached hydrogens (primary N) is 1. The van der Waals surface area contributed by atoms with Crippen molar-refractivity contribution in [3.63, 3.8) is 0 Å². The zero-order chi connectivity index (χ0) is 10.5. The lowest BCUT2D eigenvalue weighted by Gasteiger charge is -2.06. The smallest absolute Gasteiger partial charge is 0.257 e. The fourth-order valence-corrected chi connectivity index (χ4v) is 1.15. The maximum atomic E-state index is 5.51. The summed E-state index contributed by atoms with van der Waals surface area (Å²) in [5, 5.41) is 7.39. The minimum atomic E-state index is 0.478. The summed E-state index contributed by atoms with van der Waals surface area (Å²) in [5.74, 6) is 5.99. The maximum Gasteiger partial charge on any atom is 0.257 e. The molecule has 2 aromatic rings. The van der Waals surface area contributed by atoms with E-state index in [9.17, 15) is 0 Å². The van der Waals surface area contributed by atoms with Crippen molar-refractivity contribution in [2.24, 2.45) is 0 Å². The van der Waals surface area contributed by atoms with Gasteiger partial charge < -0.3 is 5.84 Å². The quantitative estimate of drug-likeness (QED) is 0.486. The molecule has 0 atom stereocenters. The van der Waals surface area contributed by atoms with E-state index in [4.69, 9.17) is 5.84 Å². The summed E-state index contributed by atoms with van der Waals surface area (Å²) in [4.78, 5) is 0. The highest BCUT2D eigenvalue weighted by Gasteiger charge is 1.98. The van der Waals surface area contributed by atoms with Gasteiger partial charge in [0.25, 0.3) is 5.95 Å². The Balaban J connectivity index is 1.83. The lowest BCUT2D eigenvalue weighted by Crippen LogP contribution is -2.25. The summed E-state index contributed by atoms with van der Waals surface area (Å²) in [6, 6.07) is 10.0. The molecule has 0 bridgehead atoms. The normalized spacial score (nSPS) is 10.1. The average Bonchev–Trinajstić information content (AvgIpc) is 2.66. The molecule has 0 saturated carbocycles. The molecule has 0 aliphatic heterocycles. The molecule has 0 unspecified atom stereocenters. The summed E-state index contributed by atoms with van der Waals surface area (Å²) < 4.78 is 1.30. The molecule has 15 heavy (non-hydrogen) atoms. The molecule has 6 nitrogen and oxygen atoms in total. The highest BCUT2D eigenvalue weighted by molar-refractivity contribution is 5.22. The van der Waals surface area contributed by atoms with Crippen LogP contribution in [-0.4, -0.2) is 14.9 Å². The number of anilines is 1. The molecule has 0 aliphatic carbocycles. The van der Waals surface area contributed by atoms with Gasteiger partial charge in [0.15, 0.2) is 0 Å². The first kappa shape index (κ1) is 9.47. The lowest BCUT2D eigenvalue weighted by molar-refractivity contribution is 0.775. The minimum absolute atomic E-state index is 0.478. The predicted molar refractivity (Wildman–Crippen MR) is 57.1 cm³/mol. The van der Waals surface area contributed by atoms with E-state index in [1.54, 1.807) is 0 Å². The van der Waals surface area contributed by atoms with E-state index in [0.717, 1.165) is 0 Å². The summed E-state index contributed by atoms with van der Waals surface area (Å²) in [6.07, 6.45) is 1.42. The number of hydrogen-bond donors (Lipinski definition) is 3.